The third-order valence-electron chi connectivity index (χ3n) is 6.21. The average Bonchev–Trinajstić information content (AvgIpc) is 3.59. The van der Waals surface area contributed by atoms with E-state index < -0.39 is 17.2 Å². The smallest absolute Gasteiger partial charge is 0.408 e. The van der Waals surface area contributed by atoms with E-state index in [-0.39, 0.29) is 17.7 Å². The van der Waals surface area contributed by atoms with E-state index in [9.17, 15) is 9.90 Å². The third-order valence-corrected chi connectivity index (χ3v) is 6.46. The Balaban J connectivity index is 1.65. The van der Waals surface area contributed by atoms with Crippen LogP contribution in [0.25, 0.3) is 0 Å². The Hall–Kier alpha value is -2.31. The van der Waals surface area contributed by atoms with Crippen molar-refractivity contribution in [2.45, 2.75) is 57.3 Å². The van der Waals surface area contributed by atoms with Gasteiger partial charge in [-0.25, -0.2) is 9.78 Å². The molecule has 2 heterocycles. The van der Waals surface area contributed by atoms with E-state index in [4.69, 9.17) is 21.1 Å². The Labute approximate surface area is 181 Å². The lowest BCUT2D eigenvalue weighted by atomic mass is 9.79. The second-order valence-electron chi connectivity index (χ2n) is 8.33. The summed E-state index contributed by atoms with van der Waals surface area (Å²) in [5, 5.41) is 14.1. The molecule has 2 aromatic rings. The first kappa shape index (κ1) is 20.9. The van der Waals surface area contributed by atoms with Crippen molar-refractivity contribution in [3.63, 3.8) is 0 Å². The molecule has 1 aromatic heterocycles. The summed E-state index contributed by atoms with van der Waals surface area (Å²) in [5.74, 6) is 0.746. The van der Waals surface area contributed by atoms with Gasteiger partial charge in [0, 0.05) is 12.0 Å². The maximum Gasteiger partial charge on any atom is 0.408 e. The van der Waals surface area contributed by atoms with Crippen LogP contribution >= 0.6 is 11.6 Å². The molecule has 6 nitrogen and oxygen atoms in total. The summed E-state index contributed by atoms with van der Waals surface area (Å²) < 4.78 is 11.3. The van der Waals surface area contributed by atoms with E-state index in [1.807, 2.05) is 43.3 Å². The van der Waals surface area contributed by atoms with Crippen LogP contribution in [-0.4, -0.2) is 22.8 Å². The summed E-state index contributed by atoms with van der Waals surface area (Å²) in [7, 11) is 0. The van der Waals surface area contributed by atoms with Gasteiger partial charge in [0.15, 0.2) is 10.9 Å². The number of carbonyl (C=O) groups excluding carboxylic acids is 1. The Morgan fingerprint density at radius 2 is 2.13 bits per heavy atom. The molecular weight excluding hydrogens is 404 g/mol. The molecule has 2 N–H and O–H groups in total. The van der Waals surface area contributed by atoms with Crippen LogP contribution < -0.4 is 10.1 Å². The summed E-state index contributed by atoms with van der Waals surface area (Å²) in [6.07, 6.45) is 2.61. The number of ether oxygens (including phenoxy) is 2. The van der Waals surface area contributed by atoms with Crippen LogP contribution in [0, 0.1) is 5.92 Å². The molecule has 0 radical (unpaired) electrons. The van der Waals surface area contributed by atoms with Gasteiger partial charge < -0.3 is 19.9 Å². The van der Waals surface area contributed by atoms with Crippen molar-refractivity contribution in [2.24, 2.45) is 5.92 Å². The molecule has 2 aliphatic rings. The molecule has 1 amide bonds. The number of nitrogens with one attached hydrogen (secondary N) is 1. The summed E-state index contributed by atoms with van der Waals surface area (Å²) in [5.41, 5.74) is 0.403. The number of benzene rings is 1. The molecule has 1 fully saturated rings. The Bertz CT molecular complexity index is 930. The minimum Gasteiger partial charge on any atom is -0.490 e. The van der Waals surface area contributed by atoms with Crippen LogP contribution in [0.1, 0.15) is 56.4 Å². The van der Waals surface area contributed by atoms with Crippen LogP contribution in [0.4, 0.5) is 4.79 Å². The largest absolute Gasteiger partial charge is 0.490 e. The van der Waals surface area contributed by atoms with Crippen molar-refractivity contribution in [3.8, 4) is 5.75 Å². The molecule has 1 aromatic carbocycles. The molecule has 160 valence electrons. The van der Waals surface area contributed by atoms with E-state index in [1.54, 1.807) is 6.92 Å². The highest BCUT2D eigenvalue weighted by Gasteiger charge is 2.52. The molecule has 1 saturated carbocycles. The quantitative estimate of drug-likeness (QED) is 0.651. The summed E-state index contributed by atoms with van der Waals surface area (Å²) in [6.45, 7) is 4.22. The number of aromatic nitrogens is 1. The highest BCUT2D eigenvalue weighted by atomic mass is 35.5. The summed E-state index contributed by atoms with van der Waals surface area (Å²) >= 11 is 6.45. The van der Waals surface area contributed by atoms with Crippen molar-refractivity contribution in [1.29, 1.82) is 0 Å². The topological polar surface area (TPSA) is 80.7 Å². The van der Waals surface area contributed by atoms with Crippen LogP contribution in [0.2, 0.25) is 5.15 Å². The SMILES string of the molecule is CCC(C)(O)c1cc2c(c(Cl)n1)OCCC2(NC(=O)OCc1ccccc1)C1CC1. The van der Waals surface area contributed by atoms with Crippen LogP contribution in [0.3, 0.4) is 0 Å². The Morgan fingerprint density at radius 1 is 1.40 bits per heavy atom. The van der Waals surface area contributed by atoms with Gasteiger partial charge in [-0.05, 0) is 43.7 Å². The van der Waals surface area contributed by atoms with E-state index >= 15 is 0 Å². The van der Waals surface area contributed by atoms with Gasteiger partial charge in [-0.3, -0.25) is 0 Å². The van der Waals surface area contributed by atoms with Crippen molar-refractivity contribution < 1.29 is 19.4 Å². The number of aliphatic hydroxyl groups is 1. The van der Waals surface area contributed by atoms with Gasteiger partial charge in [-0.1, -0.05) is 48.9 Å². The lowest BCUT2D eigenvalue weighted by molar-refractivity contribution is 0.0477. The molecule has 0 bridgehead atoms. The first-order valence-corrected chi connectivity index (χ1v) is 10.8. The summed E-state index contributed by atoms with van der Waals surface area (Å²) in [4.78, 5) is 17.2. The van der Waals surface area contributed by atoms with Crippen molar-refractivity contribution in [1.82, 2.24) is 10.3 Å². The third kappa shape index (κ3) is 3.98. The fourth-order valence-corrected chi connectivity index (χ4v) is 4.30. The number of alkyl carbamates (subject to hydrolysis) is 1. The standard InChI is InChI=1S/C23H27ClN2O4/c1-3-22(2,28)18-13-17-19(20(24)25-18)29-12-11-23(17,16-9-10-16)26-21(27)30-14-15-7-5-4-6-8-15/h4-8,13,16,28H,3,9-12,14H2,1-2H3,(H,26,27). The number of hydrogen-bond acceptors (Lipinski definition) is 5. The minimum absolute atomic E-state index is 0.198. The average molecular weight is 431 g/mol. The highest BCUT2D eigenvalue weighted by molar-refractivity contribution is 6.31. The normalized spacial score (nSPS) is 22.4. The number of nitrogens with zero attached hydrogens (tertiary/aromatic N) is 1. The molecule has 30 heavy (non-hydrogen) atoms. The number of fused-ring (bicyclic) bond motifs is 1. The predicted octanol–water partition coefficient (Wildman–Crippen LogP) is 4.67. The van der Waals surface area contributed by atoms with E-state index in [0.717, 1.165) is 24.0 Å². The molecule has 0 spiro atoms. The number of rotatable bonds is 6. The number of pyridine rings is 1. The molecule has 2 unspecified atom stereocenters. The van der Waals surface area contributed by atoms with E-state index in [1.165, 1.54) is 0 Å². The maximum absolute atomic E-state index is 12.8. The van der Waals surface area contributed by atoms with Crippen molar-refractivity contribution in [2.75, 3.05) is 6.61 Å². The van der Waals surface area contributed by atoms with E-state index in [0.29, 0.717) is 30.9 Å². The Morgan fingerprint density at radius 3 is 2.80 bits per heavy atom. The minimum atomic E-state index is -1.13. The monoisotopic (exact) mass is 430 g/mol. The van der Waals surface area contributed by atoms with Gasteiger partial charge in [0.2, 0.25) is 0 Å². The summed E-state index contributed by atoms with van der Waals surface area (Å²) in [6, 6.07) is 11.4. The fraction of sp³-hybridized carbons (Fsp3) is 0.478. The second kappa shape index (κ2) is 8.08. The van der Waals surface area contributed by atoms with Gasteiger partial charge in [0.25, 0.3) is 0 Å². The number of hydrogen-bond donors (Lipinski definition) is 2. The van der Waals surface area contributed by atoms with E-state index in [2.05, 4.69) is 10.3 Å². The fourth-order valence-electron chi connectivity index (χ4n) is 4.05. The lowest BCUT2D eigenvalue weighted by Gasteiger charge is -2.40. The zero-order valence-electron chi connectivity index (χ0n) is 17.3. The molecule has 1 aliphatic heterocycles. The molecule has 2 atom stereocenters. The van der Waals surface area contributed by atoms with Crippen molar-refractivity contribution >= 4 is 17.7 Å². The first-order valence-electron chi connectivity index (χ1n) is 10.4. The van der Waals surface area contributed by atoms with Crippen LogP contribution in [0.5, 0.6) is 5.75 Å². The van der Waals surface area contributed by atoms with Crippen LogP contribution in [0.15, 0.2) is 36.4 Å². The van der Waals surface area contributed by atoms with Gasteiger partial charge >= 0.3 is 6.09 Å². The zero-order valence-corrected chi connectivity index (χ0v) is 18.0. The lowest BCUT2D eigenvalue weighted by Crippen LogP contribution is -2.51. The maximum atomic E-state index is 12.8. The van der Waals surface area contributed by atoms with Gasteiger partial charge in [0.1, 0.15) is 12.2 Å². The first-order chi connectivity index (χ1) is 14.4. The number of amides is 1. The molecular formula is C23H27ClN2O4. The number of carbonyl (C=O) groups is 1. The Kier molecular flexibility index (Phi) is 5.64. The molecule has 7 heteroatoms. The highest BCUT2D eigenvalue weighted by Crippen LogP contribution is 2.53. The van der Waals surface area contributed by atoms with Gasteiger partial charge in [-0.15, -0.1) is 0 Å². The van der Waals surface area contributed by atoms with Crippen molar-refractivity contribution in [3.05, 3.63) is 58.4 Å². The molecule has 4 rings (SSSR count). The van der Waals surface area contributed by atoms with Gasteiger partial charge in [-0.2, -0.15) is 0 Å². The van der Waals surface area contributed by atoms with Gasteiger partial charge in [0.05, 0.1) is 17.8 Å². The second-order valence-corrected chi connectivity index (χ2v) is 8.69. The predicted molar refractivity (Wildman–Crippen MR) is 113 cm³/mol. The van der Waals surface area contributed by atoms with Crippen LogP contribution in [-0.2, 0) is 22.5 Å². The molecule has 0 saturated heterocycles. The molecule has 1 aliphatic carbocycles. The number of halogens is 1. The zero-order chi connectivity index (χ0) is 21.4.